The molecule has 0 bridgehead atoms. The molecule has 0 aliphatic carbocycles. The molecule has 0 radical (unpaired) electrons. The van der Waals surface area contributed by atoms with Crippen molar-refractivity contribution in [1.29, 1.82) is 0 Å². The van der Waals surface area contributed by atoms with Gasteiger partial charge in [-0.05, 0) is 24.3 Å². The van der Waals surface area contributed by atoms with Gasteiger partial charge >= 0.3 is 5.97 Å². The number of aromatic carboxylic acids is 1. The summed E-state index contributed by atoms with van der Waals surface area (Å²) >= 11 is 5.63. The van der Waals surface area contributed by atoms with Crippen LogP contribution in [0.15, 0.2) is 35.4 Å². The van der Waals surface area contributed by atoms with Gasteiger partial charge in [0.05, 0.1) is 5.56 Å². The summed E-state index contributed by atoms with van der Waals surface area (Å²) in [7, 11) is -4.19. The molecule has 2 aromatic rings. The Bertz CT molecular complexity index is 810. The molecule has 10 heteroatoms. The van der Waals surface area contributed by atoms with Gasteiger partial charge in [-0.3, -0.25) is 0 Å². The number of nitrogen functional groups attached to an aromatic ring is 1. The topological polar surface area (TPSA) is 135 Å². The number of sulfonamides is 1. The van der Waals surface area contributed by atoms with Gasteiger partial charge in [-0.15, -0.1) is 0 Å². The summed E-state index contributed by atoms with van der Waals surface area (Å²) in [6.07, 6.45) is 1.26. The molecular formula is C11H9ClN4O4S. The van der Waals surface area contributed by atoms with Crippen LogP contribution in [0, 0.1) is 0 Å². The highest BCUT2D eigenvalue weighted by molar-refractivity contribution is 7.92. The highest BCUT2D eigenvalue weighted by Crippen LogP contribution is 2.21. The van der Waals surface area contributed by atoms with Gasteiger partial charge in [0.2, 0.25) is 5.95 Å². The molecule has 4 N–H and O–H groups in total. The number of halogens is 1. The van der Waals surface area contributed by atoms with Gasteiger partial charge in [0.15, 0.2) is 0 Å². The van der Waals surface area contributed by atoms with Crippen LogP contribution in [0.3, 0.4) is 0 Å². The number of nitrogens with one attached hydrogen (secondary N) is 1. The second kappa shape index (κ2) is 5.54. The number of carboxylic acid groups (broad SMARTS) is 1. The second-order valence-electron chi connectivity index (χ2n) is 3.87. The predicted molar refractivity (Wildman–Crippen MR) is 75.7 cm³/mol. The third-order valence-corrected chi connectivity index (χ3v) is 3.97. The molecule has 110 valence electrons. The Balaban J connectivity index is 2.47. The first-order valence-corrected chi connectivity index (χ1v) is 7.30. The minimum absolute atomic E-state index is 0.0402. The van der Waals surface area contributed by atoms with E-state index in [1.807, 2.05) is 0 Å². The summed E-state index contributed by atoms with van der Waals surface area (Å²) in [4.78, 5) is 18.0. The van der Waals surface area contributed by atoms with Crippen LogP contribution >= 0.6 is 11.6 Å². The Hall–Kier alpha value is -2.39. The average Bonchev–Trinajstić information content (AvgIpc) is 2.37. The number of carbonyl (C=O) groups is 1. The van der Waals surface area contributed by atoms with Gasteiger partial charge in [0.25, 0.3) is 10.0 Å². The summed E-state index contributed by atoms with van der Waals surface area (Å²) in [6.45, 7) is 0. The maximum atomic E-state index is 12.2. The van der Waals surface area contributed by atoms with E-state index >= 15 is 0 Å². The van der Waals surface area contributed by atoms with E-state index in [2.05, 4.69) is 14.7 Å². The second-order valence-corrected chi connectivity index (χ2v) is 5.91. The average molecular weight is 329 g/mol. The van der Waals surface area contributed by atoms with Crippen molar-refractivity contribution in [3.8, 4) is 0 Å². The molecule has 0 fully saturated rings. The monoisotopic (exact) mass is 328 g/mol. The number of hydrogen-bond donors (Lipinski definition) is 3. The van der Waals surface area contributed by atoms with Crippen molar-refractivity contribution in [2.75, 3.05) is 10.5 Å². The number of hydrogen-bond acceptors (Lipinski definition) is 6. The molecule has 0 aliphatic heterocycles. The quantitative estimate of drug-likeness (QED) is 0.567. The predicted octanol–water partition coefficient (Wildman–Crippen LogP) is 1.21. The number of nitrogens with zero attached hydrogens (tertiary/aromatic N) is 2. The lowest BCUT2D eigenvalue weighted by Gasteiger charge is -2.09. The molecule has 8 nitrogen and oxygen atoms in total. The first kappa shape index (κ1) is 15.0. The molecule has 2 rings (SSSR count). The Morgan fingerprint density at radius 3 is 2.67 bits per heavy atom. The number of rotatable bonds is 4. The smallest absolute Gasteiger partial charge is 0.337 e. The maximum Gasteiger partial charge on any atom is 0.337 e. The van der Waals surface area contributed by atoms with Crippen molar-refractivity contribution in [2.24, 2.45) is 0 Å². The number of carboxylic acids is 1. The molecule has 0 saturated heterocycles. The van der Waals surface area contributed by atoms with Gasteiger partial charge in [-0.25, -0.2) is 27.9 Å². The third-order valence-electron chi connectivity index (χ3n) is 2.37. The van der Waals surface area contributed by atoms with E-state index in [0.717, 1.165) is 12.1 Å². The fourth-order valence-electron chi connectivity index (χ4n) is 1.51. The van der Waals surface area contributed by atoms with E-state index in [1.165, 1.54) is 18.3 Å². The minimum Gasteiger partial charge on any atom is -0.478 e. The number of anilines is 2. The van der Waals surface area contributed by atoms with Crippen LogP contribution in [0.2, 0.25) is 5.15 Å². The van der Waals surface area contributed by atoms with Crippen LogP contribution in [-0.4, -0.2) is 29.5 Å². The zero-order chi connectivity index (χ0) is 15.6. The van der Waals surface area contributed by atoms with Crippen LogP contribution in [0.1, 0.15) is 10.4 Å². The van der Waals surface area contributed by atoms with Crippen LogP contribution in [0.5, 0.6) is 0 Å². The molecule has 1 aromatic carbocycles. The molecule has 0 spiro atoms. The SMILES string of the molecule is Nc1ccc(S(=O)(=O)Nc2nccc(Cl)n2)c(C(=O)O)c1. The summed E-state index contributed by atoms with van der Waals surface area (Å²) in [5.41, 5.74) is 5.14. The molecule has 0 atom stereocenters. The third kappa shape index (κ3) is 3.38. The summed E-state index contributed by atoms with van der Waals surface area (Å²) < 4.78 is 26.5. The molecule has 21 heavy (non-hydrogen) atoms. The molecular weight excluding hydrogens is 320 g/mol. The standard InChI is InChI=1S/C11H9ClN4O4S/c12-9-3-4-14-11(15-9)16-21(19,20)8-2-1-6(13)5-7(8)10(17)18/h1-5H,13H2,(H,17,18)(H,14,15,16). The summed E-state index contributed by atoms with van der Waals surface area (Å²) in [5.74, 6) is -1.69. The number of benzene rings is 1. The van der Waals surface area contributed by atoms with E-state index in [-0.39, 0.29) is 16.8 Å². The van der Waals surface area contributed by atoms with E-state index in [9.17, 15) is 13.2 Å². The van der Waals surface area contributed by atoms with Crippen LogP contribution in [0.4, 0.5) is 11.6 Å². The molecule has 1 aromatic heterocycles. The van der Waals surface area contributed by atoms with Crippen molar-refractivity contribution in [3.63, 3.8) is 0 Å². The highest BCUT2D eigenvalue weighted by atomic mass is 35.5. The Labute approximate surface area is 124 Å². The molecule has 0 aliphatic rings. The first-order chi connectivity index (χ1) is 9.79. The maximum absolute atomic E-state index is 12.2. The van der Waals surface area contributed by atoms with Crippen molar-refractivity contribution < 1.29 is 18.3 Å². The summed E-state index contributed by atoms with van der Waals surface area (Å²) in [5, 5.41) is 9.10. The highest BCUT2D eigenvalue weighted by Gasteiger charge is 2.23. The van der Waals surface area contributed by atoms with E-state index in [1.54, 1.807) is 0 Å². The Kier molecular flexibility index (Phi) is 3.96. The van der Waals surface area contributed by atoms with Gasteiger partial charge in [0, 0.05) is 11.9 Å². The minimum atomic E-state index is -4.19. The van der Waals surface area contributed by atoms with Gasteiger partial charge in [-0.2, -0.15) is 0 Å². The number of nitrogens with two attached hydrogens (primary N) is 1. The Morgan fingerprint density at radius 2 is 2.05 bits per heavy atom. The molecule has 0 amide bonds. The first-order valence-electron chi connectivity index (χ1n) is 5.44. The molecule has 0 saturated carbocycles. The van der Waals surface area contributed by atoms with Crippen molar-refractivity contribution >= 4 is 39.2 Å². The lowest BCUT2D eigenvalue weighted by molar-refractivity contribution is 0.0692. The lowest BCUT2D eigenvalue weighted by Crippen LogP contribution is -2.18. The largest absolute Gasteiger partial charge is 0.478 e. The van der Waals surface area contributed by atoms with Crippen LogP contribution < -0.4 is 10.5 Å². The normalized spacial score (nSPS) is 11.1. The van der Waals surface area contributed by atoms with Gasteiger partial charge < -0.3 is 10.8 Å². The lowest BCUT2D eigenvalue weighted by atomic mass is 10.2. The van der Waals surface area contributed by atoms with Crippen LogP contribution in [-0.2, 0) is 10.0 Å². The van der Waals surface area contributed by atoms with Crippen LogP contribution in [0.25, 0.3) is 0 Å². The fourth-order valence-corrected chi connectivity index (χ4v) is 2.78. The zero-order valence-electron chi connectivity index (χ0n) is 10.3. The molecule has 0 unspecified atom stereocenters. The zero-order valence-corrected chi connectivity index (χ0v) is 11.9. The van der Waals surface area contributed by atoms with Crippen molar-refractivity contribution in [1.82, 2.24) is 9.97 Å². The van der Waals surface area contributed by atoms with E-state index in [0.29, 0.717) is 0 Å². The summed E-state index contributed by atoms with van der Waals surface area (Å²) in [6, 6.07) is 4.78. The van der Waals surface area contributed by atoms with E-state index < -0.39 is 26.5 Å². The fraction of sp³-hybridized carbons (Fsp3) is 0. The van der Waals surface area contributed by atoms with Crippen molar-refractivity contribution in [2.45, 2.75) is 4.90 Å². The molecule has 1 heterocycles. The van der Waals surface area contributed by atoms with Gasteiger partial charge in [0.1, 0.15) is 10.0 Å². The van der Waals surface area contributed by atoms with E-state index in [4.69, 9.17) is 22.4 Å². The van der Waals surface area contributed by atoms with Crippen molar-refractivity contribution in [3.05, 3.63) is 41.2 Å². The van der Waals surface area contributed by atoms with Gasteiger partial charge in [-0.1, -0.05) is 11.6 Å². The Morgan fingerprint density at radius 1 is 1.33 bits per heavy atom. The number of aromatic nitrogens is 2.